The lowest BCUT2D eigenvalue weighted by molar-refractivity contribution is -0.181. The minimum atomic E-state index is -5.65. The van der Waals surface area contributed by atoms with Crippen LogP contribution in [0.1, 0.15) is 44.0 Å². The number of hydrogen-bond donors (Lipinski definition) is 4. The van der Waals surface area contributed by atoms with E-state index in [2.05, 4.69) is 30.3 Å². The van der Waals surface area contributed by atoms with E-state index in [-0.39, 0.29) is 95.9 Å². The van der Waals surface area contributed by atoms with Gasteiger partial charge < -0.3 is 73.4 Å². The summed E-state index contributed by atoms with van der Waals surface area (Å²) in [6, 6.07) is 5.30. The Morgan fingerprint density at radius 1 is 0.640 bits per heavy atom. The molecule has 2 aromatic carbocycles. The van der Waals surface area contributed by atoms with Crippen molar-refractivity contribution in [3.05, 3.63) is 70.8 Å². The van der Waals surface area contributed by atoms with Gasteiger partial charge in [-0.25, -0.2) is 33.6 Å². The van der Waals surface area contributed by atoms with Crippen molar-refractivity contribution in [2.45, 2.75) is 44.0 Å². The number of aromatic nitrogens is 2. The normalized spacial score (nSPS) is 12.3. The molecule has 86 heavy (non-hydrogen) atoms. The fourth-order valence-electron chi connectivity index (χ4n) is 7.10. The minimum Gasteiger partial charge on any atom is -0.420 e. The molecule has 0 spiro atoms. The number of benzene rings is 2. The van der Waals surface area contributed by atoms with Gasteiger partial charge in [-0.2, -0.15) is 17.2 Å². The van der Waals surface area contributed by atoms with E-state index >= 15 is 0 Å². The van der Waals surface area contributed by atoms with Crippen molar-refractivity contribution in [2.75, 3.05) is 166 Å². The number of aliphatic imine (C=N–C) groups is 1. The zero-order valence-electron chi connectivity index (χ0n) is 48.3. The van der Waals surface area contributed by atoms with E-state index in [1.165, 1.54) is 9.96 Å². The van der Waals surface area contributed by atoms with Crippen LogP contribution in [0.2, 0.25) is 0 Å². The largest absolute Gasteiger partial charge is 0.420 e. The van der Waals surface area contributed by atoms with Crippen molar-refractivity contribution in [1.29, 1.82) is 0 Å². The average Bonchev–Trinajstić information content (AvgIpc) is 2.36. The average molecular weight is 1250 g/mol. The third kappa shape index (κ3) is 27.5. The topological polar surface area (TPSA) is 328 Å². The number of nitrogens with zero attached hydrogens (tertiary/aromatic N) is 5. The Bertz CT molecular complexity index is 2720. The van der Waals surface area contributed by atoms with E-state index < -0.39 is 56.4 Å². The summed E-state index contributed by atoms with van der Waals surface area (Å²) in [5.74, 6) is -12.6. The summed E-state index contributed by atoms with van der Waals surface area (Å²) < 4.78 is 145. The molecule has 2 heterocycles. The van der Waals surface area contributed by atoms with E-state index in [1.807, 2.05) is 25.1 Å². The van der Waals surface area contributed by atoms with Crippen LogP contribution in [0.3, 0.4) is 0 Å². The van der Waals surface area contributed by atoms with Crippen molar-refractivity contribution in [2.24, 2.45) is 10.7 Å². The number of esters is 1. The monoisotopic (exact) mass is 1250 g/mol. The molecule has 0 saturated carbocycles. The molecule has 0 fully saturated rings. The number of halogens is 4. The maximum absolute atomic E-state index is 14.0. The van der Waals surface area contributed by atoms with E-state index in [9.17, 15) is 45.2 Å². The molecule has 4 rings (SSSR count). The van der Waals surface area contributed by atoms with E-state index in [4.69, 9.17) is 62.5 Å². The van der Waals surface area contributed by atoms with Crippen LogP contribution in [0.25, 0.3) is 17.2 Å². The second-order valence-corrected chi connectivity index (χ2v) is 19.6. The smallest absolute Gasteiger partial charge is 0.316 e. The summed E-state index contributed by atoms with van der Waals surface area (Å²) in [5, 5.41) is 6.79. The number of nitrogens with two attached hydrogens (primary N) is 1. The van der Waals surface area contributed by atoms with Gasteiger partial charge >= 0.3 is 22.1 Å². The number of hydroxylamine groups is 2. The Labute approximate surface area is 495 Å². The summed E-state index contributed by atoms with van der Waals surface area (Å²) in [5.41, 5.74) is 9.47. The maximum atomic E-state index is 14.0. The molecule has 0 atom stereocenters. The molecule has 0 unspecified atom stereocenters. The van der Waals surface area contributed by atoms with Crippen LogP contribution in [-0.4, -0.2) is 228 Å². The summed E-state index contributed by atoms with van der Waals surface area (Å²) in [4.78, 5) is 67.9. The Hall–Kier alpha value is -6.40. The fourth-order valence-corrected chi connectivity index (χ4v) is 7.73. The number of carbonyl (C=O) groups is 4. The molecule has 0 bridgehead atoms. The van der Waals surface area contributed by atoms with Crippen molar-refractivity contribution in [3.63, 3.8) is 0 Å². The molecule has 0 radical (unpaired) electrons. The number of amides is 4. The lowest BCUT2D eigenvalue weighted by Gasteiger charge is -2.23. The SMILES string of the molecule is CCCN(OCCNC(=O)N(C)C)C(=O)C1=Cc2ccc(-c3cnc(CNC(=O)CCOCCOCCOCCOCCOCCOCCOCCOCCOCCOCCC(=O)Oc4c(F)c(F)c(S(=O)(=O)O)c(F)c4F)nc3)cc2N=C(N)C1. The molecule has 32 heteroatoms. The van der Waals surface area contributed by atoms with Crippen molar-refractivity contribution >= 4 is 51.5 Å². The first-order chi connectivity index (χ1) is 41.4. The molecular weight excluding hydrogens is 1170 g/mol. The van der Waals surface area contributed by atoms with Gasteiger partial charge in [-0.1, -0.05) is 19.1 Å². The van der Waals surface area contributed by atoms with Crippen molar-refractivity contribution < 1.29 is 107 Å². The maximum Gasteiger partial charge on any atom is 0.316 e. The predicted molar refractivity (Wildman–Crippen MR) is 297 cm³/mol. The lowest BCUT2D eigenvalue weighted by atomic mass is 10.0. The molecule has 1 aromatic heterocycles. The van der Waals surface area contributed by atoms with Crippen LogP contribution in [-0.2, 0) is 83.3 Å². The number of rotatable bonds is 45. The molecule has 480 valence electrons. The zero-order chi connectivity index (χ0) is 62.5. The van der Waals surface area contributed by atoms with Gasteiger partial charge in [0.1, 0.15) is 11.7 Å². The molecule has 27 nitrogen and oxygen atoms in total. The quantitative estimate of drug-likeness (QED) is 0.0120. The summed E-state index contributed by atoms with van der Waals surface area (Å²) >= 11 is 0. The van der Waals surface area contributed by atoms with Gasteiger partial charge in [0.25, 0.3) is 5.91 Å². The van der Waals surface area contributed by atoms with Crippen LogP contribution in [0.5, 0.6) is 5.75 Å². The number of nitrogens with one attached hydrogen (secondary N) is 2. The fraction of sp³-hybridized carbons (Fsp3) is 0.574. The van der Waals surface area contributed by atoms with E-state index in [1.54, 1.807) is 32.6 Å². The van der Waals surface area contributed by atoms with Crippen LogP contribution in [0, 0.1) is 23.3 Å². The van der Waals surface area contributed by atoms with E-state index in [0.717, 1.165) is 11.1 Å². The molecule has 0 aliphatic carbocycles. The molecule has 1 aliphatic rings. The summed E-state index contributed by atoms with van der Waals surface area (Å²) in [6.45, 7) is 8.32. The zero-order valence-corrected chi connectivity index (χ0v) is 49.1. The number of amidine groups is 1. The lowest BCUT2D eigenvalue weighted by Crippen LogP contribution is -2.39. The number of urea groups is 1. The van der Waals surface area contributed by atoms with E-state index in [0.29, 0.717) is 128 Å². The number of hydrogen-bond acceptors (Lipinski definition) is 22. The predicted octanol–water partition coefficient (Wildman–Crippen LogP) is 3.33. The first kappa shape index (κ1) is 72.1. The molecular formula is C54H76F4N8O19S. The number of ether oxygens (including phenoxy) is 11. The Kier molecular flexibility index (Phi) is 34.3. The number of carbonyl (C=O) groups excluding carboxylic acids is 4. The highest BCUT2D eigenvalue weighted by Crippen LogP contribution is 2.34. The Morgan fingerprint density at radius 3 is 1.56 bits per heavy atom. The molecule has 0 saturated heterocycles. The first-order valence-corrected chi connectivity index (χ1v) is 28.8. The van der Waals surface area contributed by atoms with Crippen LogP contribution < -0.4 is 21.1 Å². The Morgan fingerprint density at radius 2 is 1.10 bits per heavy atom. The number of fused-ring (bicyclic) bond motifs is 1. The van der Waals surface area contributed by atoms with Gasteiger partial charge in [0.15, 0.2) is 16.5 Å². The van der Waals surface area contributed by atoms with Gasteiger partial charge in [0, 0.05) is 69.1 Å². The van der Waals surface area contributed by atoms with Crippen LogP contribution >= 0.6 is 0 Å². The van der Waals surface area contributed by atoms with Crippen molar-refractivity contribution in [3.8, 4) is 16.9 Å². The minimum absolute atomic E-state index is 0.0126. The second-order valence-electron chi connectivity index (χ2n) is 18.2. The van der Waals surface area contributed by atoms with Gasteiger partial charge in [0.05, 0.1) is 157 Å². The standard InChI is InChI=1S/C54H76F4N8O19S/c1-4-10-66(84-13-9-60-54(70)65(2)3)53(69)40-32-39-6-5-38(33-42(39)64-43(59)34-40)41-35-61-44(62-36-41)37-63-45(67)7-11-74-14-16-76-18-20-78-22-24-80-26-28-82-30-31-83-29-27-81-25-23-79-21-19-77-17-15-75-12-8-46(68)85-51-47(55)49(57)52(86(71,72)73)50(58)48(51)56/h5-6,32-33,35-36H,4,7-31,34,37H2,1-3H3,(H2,59,64)(H,60,70)(H,63,67)(H,71,72,73). The summed E-state index contributed by atoms with van der Waals surface area (Å²) in [6.07, 6.45) is 5.40. The molecule has 1 aliphatic heterocycles. The highest BCUT2D eigenvalue weighted by molar-refractivity contribution is 7.85. The van der Waals surface area contributed by atoms with Crippen molar-refractivity contribution in [1.82, 2.24) is 30.6 Å². The molecule has 5 N–H and O–H groups in total. The highest BCUT2D eigenvalue weighted by Gasteiger charge is 2.34. The van der Waals surface area contributed by atoms with Gasteiger partial charge in [-0.3, -0.25) is 23.8 Å². The highest BCUT2D eigenvalue weighted by atomic mass is 32.2. The van der Waals surface area contributed by atoms with Gasteiger partial charge in [0.2, 0.25) is 23.3 Å². The molecule has 3 aromatic rings. The second kappa shape index (κ2) is 40.9. The van der Waals surface area contributed by atoms with Gasteiger partial charge in [-0.15, -0.1) is 0 Å². The third-order valence-electron chi connectivity index (χ3n) is 11.4. The van der Waals surface area contributed by atoms with Crippen LogP contribution in [0.15, 0.2) is 46.1 Å². The Balaban J connectivity index is 0.883. The van der Waals surface area contributed by atoms with Crippen LogP contribution in [0.4, 0.5) is 28.0 Å². The molecule has 4 amide bonds. The van der Waals surface area contributed by atoms with Gasteiger partial charge in [-0.05, 0) is 24.1 Å². The first-order valence-electron chi connectivity index (χ1n) is 27.4. The summed E-state index contributed by atoms with van der Waals surface area (Å²) in [7, 11) is -2.39. The third-order valence-corrected chi connectivity index (χ3v) is 12.2.